The molecule has 136 valence electrons. The summed E-state index contributed by atoms with van der Waals surface area (Å²) in [6.07, 6.45) is 3.34. The largest absolute Gasteiger partial charge is 0.496 e. The Morgan fingerprint density at radius 3 is 2.21 bits per heavy atom. The lowest BCUT2D eigenvalue weighted by atomic mass is 9.93. The molecule has 1 aliphatic heterocycles. The molecule has 0 bridgehead atoms. The Balaban J connectivity index is 0.00000288. The Labute approximate surface area is 151 Å². The summed E-state index contributed by atoms with van der Waals surface area (Å²) in [6, 6.07) is 3.63. The maximum Gasteiger partial charge on any atom is 0.254 e. The standard InChI is InChI=1S/C18H28N2O3.ClH/c1-13-16(22-3)11-15(12-17(13)23-4)18(21)20-9-6-14(7-10-20)5-8-19-2;/h11-12,14,19H,5-10H2,1-4H3;1H. The third kappa shape index (κ3) is 4.77. The first-order chi connectivity index (χ1) is 11.1. The monoisotopic (exact) mass is 356 g/mol. The average molecular weight is 357 g/mol. The normalized spacial score (nSPS) is 14.9. The number of ether oxygens (including phenoxy) is 2. The van der Waals surface area contributed by atoms with Gasteiger partial charge in [0.05, 0.1) is 14.2 Å². The number of piperidine rings is 1. The van der Waals surface area contributed by atoms with E-state index in [2.05, 4.69) is 5.32 Å². The molecule has 1 N–H and O–H groups in total. The van der Waals surface area contributed by atoms with E-state index in [1.807, 2.05) is 31.0 Å². The lowest BCUT2D eigenvalue weighted by Crippen LogP contribution is -2.39. The van der Waals surface area contributed by atoms with Crippen LogP contribution in [0.2, 0.25) is 0 Å². The highest BCUT2D eigenvalue weighted by Gasteiger charge is 2.24. The summed E-state index contributed by atoms with van der Waals surface area (Å²) in [5.41, 5.74) is 1.55. The lowest BCUT2D eigenvalue weighted by Gasteiger charge is -2.32. The van der Waals surface area contributed by atoms with Gasteiger partial charge in [0.2, 0.25) is 0 Å². The van der Waals surface area contributed by atoms with Crippen LogP contribution in [0, 0.1) is 12.8 Å². The van der Waals surface area contributed by atoms with Crippen molar-refractivity contribution in [1.82, 2.24) is 10.2 Å². The van der Waals surface area contributed by atoms with Gasteiger partial charge in [-0.15, -0.1) is 12.4 Å². The Bertz CT molecular complexity index is 518. The van der Waals surface area contributed by atoms with E-state index in [0.717, 1.165) is 38.0 Å². The van der Waals surface area contributed by atoms with Crippen molar-refractivity contribution < 1.29 is 14.3 Å². The Hall–Kier alpha value is -1.46. The lowest BCUT2D eigenvalue weighted by molar-refractivity contribution is 0.0686. The van der Waals surface area contributed by atoms with Crippen molar-refractivity contribution in [3.05, 3.63) is 23.3 Å². The summed E-state index contributed by atoms with van der Waals surface area (Å²) >= 11 is 0. The number of rotatable bonds is 6. The first-order valence-electron chi connectivity index (χ1n) is 8.27. The van der Waals surface area contributed by atoms with Crippen LogP contribution in [-0.4, -0.2) is 51.7 Å². The number of amides is 1. The smallest absolute Gasteiger partial charge is 0.254 e. The van der Waals surface area contributed by atoms with Crippen molar-refractivity contribution in [2.75, 3.05) is 40.9 Å². The van der Waals surface area contributed by atoms with E-state index >= 15 is 0 Å². The van der Waals surface area contributed by atoms with Gasteiger partial charge in [0, 0.05) is 24.2 Å². The fourth-order valence-electron chi connectivity index (χ4n) is 3.17. The van der Waals surface area contributed by atoms with Gasteiger partial charge < -0.3 is 19.7 Å². The molecule has 1 saturated heterocycles. The van der Waals surface area contributed by atoms with Gasteiger partial charge in [0.1, 0.15) is 11.5 Å². The first kappa shape index (κ1) is 20.6. The second kappa shape index (κ2) is 9.74. The highest BCUT2D eigenvalue weighted by molar-refractivity contribution is 5.95. The Morgan fingerprint density at radius 1 is 1.21 bits per heavy atom. The van der Waals surface area contributed by atoms with Crippen LogP contribution in [0.1, 0.15) is 35.2 Å². The van der Waals surface area contributed by atoms with E-state index in [0.29, 0.717) is 23.0 Å². The van der Waals surface area contributed by atoms with Crippen LogP contribution in [0.25, 0.3) is 0 Å². The molecule has 6 heteroatoms. The number of benzene rings is 1. The summed E-state index contributed by atoms with van der Waals surface area (Å²) in [5.74, 6) is 2.16. The number of likely N-dealkylation sites (tertiary alicyclic amines) is 1. The van der Waals surface area contributed by atoms with E-state index in [1.54, 1.807) is 14.2 Å². The molecule has 2 rings (SSSR count). The summed E-state index contributed by atoms with van der Waals surface area (Å²) in [4.78, 5) is 14.7. The Kier molecular flexibility index (Phi) is 8.36. The number of carbonyl (C=O) groups excluding carboxylic acids is 1. The van der Waals surface area contributed by atoms with Crippen LogP contribution in [0.5, 0.6) is 11.5 Å². The molecule has 0 radical (unpaired) electrons. The van der Waals surface area contributed by atoms with Crippen LogP contribution >= 0.6 is 12.4 Å². The Morgan fingerprint density at radius 2 is 1.75 bits per heavy atom. The zero-order valence-corrected chi connectivity index (χ0v) is 15.9. The fourth-order valence-corrected chi connectivity index (χ4v) is 3.17. The van der Waals surface area contributed by atoms with Crippen molar-refractivity contribution in [1.29, 1.82) is 0 Å². The van der Waals surface area contributed by atoms with E-state index in [-0.39, 0.29) is 18.3 Å². The van der Waals surface area contributed by atoms with Crippen molar-refractivity contribution in [3.63, 3.8) is 0 Å². The van der Waals surface area contributed by atoms with Crippen LogP contribution in [-0.2, 0) is 0 Å². The molecule has 0 unspecified atom stereocenters. The van der Waals surface area contributed by atoms with Gasteiger partial charge in [-0.05, 0) is 57.8 Å². The number of nitrogens with one attached hydrogen (secondary N) is 1. The molecule has 24 heavy (non-hydrogen) atoms. The minimum Gasteiger partial charge on any atom is -0.496 e. The summed E-state index contributed by atoms with van der Waals surface area (Å²) in [6.45, 7) is 4.63. The second-order valence-electron chi connectivity index (χ2n) is 6.13. The van der Waals surface area contributed by atoms with Crippen LogP contribution in [0.3, 0.4) is 0 Å². The molecule has 0 aliphatic carbocycles. The van der Waals surface area contributed by atoms with Crippen LogP contribution < -0.4 is 14.8 Å². The van der Waals surface area contributed by atoms with Gasteiger partial charge >= 0.3 is 0 Å². The first-order valence-corrected chi connectivity index (χ1v) is 8.27. The molecule has 1 fully saturated rings. The van der Waals surface area contributed by atoms with E-state index < -0.39 is 0 Å². The number of halogens is 1. The van der Waals surface area contributed by atoms with Gasteiger partial charge in [-0.2, -0.15) is 0 Å². The van der Waals surface area contributed by atoms with E-state index in [4.69, 9.17) is 9.47 Å². The molecular formula is C18H29ClN2O3. The van der Waals surface area contributed by atoms with Gasteiger partial charge in [-0.25, -0.2) is 0 Å². The quantitative estimate of drug-likeness (QED) is 0.851. The minimum atomic E-state index is 0. The average Bonchev–Trinajstić information content (AvgIpc) is 2.60. The molecule has 1 aromatic rings. The maximum atomic E-state index is 12.8. The van der Waals surface area contributed by atoms with Crippen molar-refractivity contribution in [2.45, 2.75) is 26.2 Å². The number of hydrogen-bond acceptors (Lipinski definition) is 4. The molecule has 1 heterocycles. The summed E-state index contributed by atoms with van der Waals surface area (Å²) in [5, 5.41) is 3.20. The van der Waals surface area contributed by atoms with E-state index in [1.165, 1.54) is 6.42 Å². The molecule has 5 nitrogen and oxygen atoms in total. The maximum absolute atomic E-state index is 12.8. The SMILES string of the molecule is CNCCC1CCN(C(=O)c2cc(OC)c(C)c(OC)c2)CC1.Cl. The molecule has 0 saturated carbocycles. The zero-order chi connectivity index (χ0) is 16.8. The zero-order valence-electron chi connectivity index (χ0n) is 15.1. The highest BCUT2D eigenvalue weighted by atomic mass is 35.5. The minimum absolute atomic E-state index is 0. The second-order valence-corrected chi connectivity index (χ2v) is 6.13. The third-order valence-corrected chi connectivity index (χ3v) is 4.70. The predicted octanol–water partition coefficient (Wildman–Crippen LogP) is 2.90. The fraction of sp³-hybridized carbons (Fsp3) is 0.611. The highest BCUT2D eigenvalue weighted by Crippen LogP contribution is 2.30. The van der Waals surface area contributed by atoms with Crippen molar-refractivity contribution in [3.8, 4) is 11.5 Å². The van der Waals surface area contributed by atoms with Crippen molar-refractivity contribution in [2.24, 2.45) is 5.92 Å². The van der Waals surface area contributed by atoms with Gasteiger partial charge in [-0.1, -0.05) is 0 Å². The van der Waals surface area contributed by atoms with E-state index in [9.17, 15) is 4.79 Å². The number of methoxy groups -OCH3 is 2. The molecule has 0 atom stereocenters. The molecular weight excluding hydrogens is 328 g/mol. The third-order valence-electron chi connectivity index (χ3n) is 4.70. The summed E-state index contributed by atoms with van der Waals surface area (Å²) < 4.78 is 10.7. The molecule has 1 amide bonds. The molecule has 1 aromatic carbocycles. The van der Waals surface area contributed by atoms with Gasteiger partial charge in [-0.3, -0.25) is 4.79 Å². The summed E-state index contributed by atoms with van der Waals surface area (Å²) in [7, 11) is 5.21. The molecule has 1 aliphatic rings. The van der Waals surface area contributed by atoms with Crippen LogP contribution in [0.15, 0.2) is 12.1 Å². The molecule has 0 spiro atoms. The van der Waals surface area contributed by atoms with Crippen LogP contribution in [0.4, 0.5) is 0 Å². The number of carbonyl (C=O) groups is 1. The molecule has 0 aromatic heterocycles. The van der Waals surface area contributed by atoms with Crippen molar-refractivity contribution >= 4 is 18.3 Å². The van der Waals surface area contributed by atoms with Gasteiger partial charge in [0.25, 0.3) is 5.91 Å². The topological polar surface area (TPSA) is 50.8 Å². The van der Waals surface area contributed by atoms with Gasteiger partial charge in [0.15, 0.2) is 0 Å². The number of hydrogen-bond donors (Lipinski definition) is 1. The predicted molar refractivity (Wildman–Crippen MR) is 98.7 cm³/mol. The number of nitrogens with zero attached hydrogens (tertiary/aromatic N) is 1.